The molecule has 1 aromatic rings. The number of rotatable bonds is 8. The Morgan fingerprint density at radius 1 is 1.36 bits per heavy atom. The minimum atomic E-state index is 0.503. The van der Waals surface area contributed by atoms with Gasteiger partial charge in [0.05, 0.1) is 0 Å². The van der Waals surface area contributed by atoms with Gasteiger partial charge in [0.2, 0.25) is 0 Å². The number of guanidine groups is 1. The molecule has 1 unspecified atom stereocenters. The van der Waals surface area contributed by atoms with Crippen molar-refractivity contribution in [3.8, 4) is 0 Å². The third-order valence-corrected chi connectivity index (χ3v) is 4.95. The van der Waals surface area contributed by atoms with Crippen molar-refractivity contribution in [1.29, 1.82) is 0 Å². The second-order valence-corrected chi connectivity index (χ2v) is 7.18. The molecule has 4 nitrogen and oxygen atoms in total. The van der Waals surface area contributed by atoms with Crippen LogP contribution in [0.4, 0.5) is 0 Å². The zero-order valence-corrected chi connectivity index (χ0v) is 15.1. The summed E-state index contributed by atoms with van der Waals surface area (Å²) in [4.78, 5) is 6.91. The van der Waals surface area contributed by atoms with Crippen LogP contribution in [0.5, 0.6) is 0 Å². The first-order valence-corrected chi connectivity index (χ1v) is 9.28. The van der Waals surface area contributed by atoms with Gasteiger partial charge >= 0.3 is 0 Å². The van der Waals surface area contributed by atoms with Crippen molar-refractivity contribution in [3.63, 3.8) is 0 Å². The molecule has 1 fully saturated rings. The van der Waals surface area contributed by atoms with Crippen LogP contribution in [-0.4, -0.2) is 49.6 Å². The van der Waals surface area contributed by atoms with Gasteiger partial charge in [0.15, 0.2) is 5.96 Å². The van der Waals surface area contributed by atoms with E-state index >= 15 is 0 Å². The molecule has 0 aliphatic heterocycles. The SMILES string of the molecule is CN=C(NCCN(C(C)C)C1CC1)NCC(C)c1ccsc1. The normalized spacial score (nSPS) is 17.1. The van der Waals surface area contributed by atoms with Gasteiger partial charge in [0.1, 0.15) is 0 Å². The first kappa shape index (κ1) is 17.3. The van der Waals surface area contributed by atoms with Crippen LogP contribution in [0, 0.1) is 0 Å². The van der Waals surface area contributed by atoms with Gasteiger partial charge in [0.25, 0.3) is 0 Å². The molecule has 0 spiro atoms. The Morgan fingerprint density at radius 2 is 2.14 bits per heavy atom. The number of nitrogens with zero attached hydrogens (tertiary/aromatic N) is 2. The van der Waals surface area contributed by atoms with E-state index in [0.29, 0.717) is 12.0 Å². The standard InChI is InChI=1S/C17H30N4S/c1-13(2)21(16-5-6-16)9-8-19-17(18-4)20-11-14(3)15-7-10-22-12-15/h7,10,12-14,16H,5-6,8-9,11H2,1-4H3,(H2,18,19,20). The molecule has 2 rings (SSSR count). The van der Waals surface area contributed by atoms with E-state index < -0.39 is 0 Å². The fourth-order valence-corrected chi connectivity index (χ4v) is 3.50. The minimum absolute atomic E-state index is 0.503. The Kier molecular flexibility index (Phi) is 6.70. The molecule has 22 heavy (non-hydrogen) atoms. The Labute approximate surface area is 139 Å². The van der Waals surface area contributed by atoms with Crippen molar-refractivity contribution in [3.05, 3.63) is 22.4 Å². The maximum absolute atomic E-state index is 4.32. The Bertz CT molecular complexity index is 449. The molecule has 1 saturated carbocycles. The van der Waals surface area contributed by atoms with Gasteiger partial charge in [-0.15, -0.1) is 0 Å². The van der Waals surface area contributed by atoms with E-state index in [1.165, 1.54) is 18.4 Å². The van der Waals surface area contributed by atoms with Crippen LogP contribution in [0.2, 0.25) is 0 Å². The molecule has 0 saturated heterocycles. The van der Waals surface area contributed by atoms with Gasteiger partial charge in [0, 0.05) is 38.8 Å². The van der Waals surface area contributed by atoms with Crippen LogP contribution in [-0.2, 0) is 0 Å². The zero-order chi connectivity index (χ0) is 15.9. The summed E-state index contributed by atoms with van der Waals surface area (Å²) in [6.07, 6.45) is 2.73. The van der Waals surface area contributed by atoms with E-state index in [4.69, 9.17) is 0 Å². The molecule has 1 heterocycles. The minimum Gasteiger partial charge on any atom is -0.356 e. The van der Waals surface area contributed by atoms with Crippen LogP contribution >= 0.6 is 11.3 Å². The zero-order valence-electron chi connectivity index (χ0n) is 14.3. The molecule has 1 aliphatic rings. The van der Waals surface area contributed by atoms with E-state index in [9.17, 15) is 0 Å². The maximum atomic E-state index is 4.32. The van der Waals surface area contributed by atoms with Crippen molar-refractivity contribution < 1.29 is 0 Å². The van der Waals surface area contributed by atoms with E-state index in [0.717, 1.165) is 31.6 Å². The summed E-state index contributed by atoms with van der Waals surface area (Å²) in [7, 11) is 1.84. The van der Waals surface area contributed by atoms with Crippen molar-refractivity contribution in [2.45, 2.75) is 51.6 Å². The summed E-state index contributed by atoms with van der Waals surface area (Å²) >= 11 is 1.76. The lowest BCUT2D eigenvalue weighted by Gasteiger charge is -2.26. The third-order valence-electron chi connectivity index (χ3n) is 4.25. The molecule has 0 radical (unpaired) electrons. The number of hydrogen-bond acceptors (Lipinski definition) is 3. The van der Waals surface area contributed by atoms with E-state index in [1.54, 1.807) is 11.3 Å². The third kappa shape index (κ3) is 5.29. The highest BCUT2D eigenvalue weighted by Gasteiger charge is 2.30. The highest BCUT2D eigenvalue weighted by molar-refractivity contribution is 7.07. The van der Waals surface area contributed by atoms with Crippen molar-refractivity contribution in [2.75, 3.05) is 26.7 Å². The molecule has 0 amide bonds. The van der Waals surface area contributed by atoms with Gasteiger partial charge in [-0.25, -0.2) is 0 Å². The number of nitrogens with one attached hydrogen (secondary N) is 2. The second-order valence-electron chi connectivity index (χ2n) is 6.40. The average molecular weight is 323 g/mol. The smallest absolute Gasteiger partial charge is 0.191 e. The van der Waals surface area contributed by atoms with Crippen LogP contribution in [0.1, 0.15) is 45.1 Å². The summed E-state index contributed by atoms with van der Waals surface area (Å²) in [6.45, 7) is 9.76. The summed E-state index contributed by atoms with van der Waals surface area (Å²) in [6, 6.07) is 3.64. The lowest BCUT2D eigenvalue weighted by molar-refractivity contribution is 0.215. The molecular formula is C17H30N4S. The van der Waals surface area contributed by atoms with Gasteiger partial charge in [-0.1, -0.05) is 6.92 Å². The van der Waals surface area contributed by atoms with E-state index in [1.807, 2.05) is 7.05 Å². The molecule has 5 heteroatoms. The van der Waals surface area contributed by atoms with Crippen LogP contribution in [0.3, 0.4) is 0 Å². The van der Waals surface area contributed by atoms with Crippen molar-refractivity contribution >= 4 is 17.3 Å². The second kappa shape index (κ2) is 8.53. The lowest BCUT2D eigenvalue weighted by atomic mass is 10.1. The molecule has 124 valence electrons. The molecule has 0 aromatic carbocycles. The van der Waals surface area contributed by atoms with E-state index in [-0.39, 0.29) is 0 Å². The number of thiophene rings is 1. The summed E-state index contributed by atoms with van der Waals surface area (Å²) in [5.41, 5.74) is 1.40. The van der Waals surface area contributed by atoms with Gasteiger partial charge in [-0.2, -0.15) is 11.3 Å². The summed E-state index contributed by atoms with van der Waals surface area (Å²) in [5, 5.41) is 11.2. The van der Waals surface area contributed by atoms with Crippen molar-refractivity contribution in [2.24, 2.45) is 4.99 Å². The molecular weight excluding hydrogens is 292 g/mol. The predicted octanol–water partition coefficient (Wildman–Crippen LogP) is 2.89. The summed E-state index contributed by atoms with van der Waals surface area (Å²) < 4.78 is 0. The van der Waals surface area contributed by atoms with Crippen LogP contribution in [0.15, 0.2) is 21.8 Å². The van der Waals surface area contributed by atoms with Crippen LogP contribution < -0.4 is 10.6 Å². The number of hydrogen-bond donors (Lipinski definition) is 2. The summed E-state index contributed by atoms with van der Waals surface area (Å²) in [5.74, 6) is 1.41. The van der Waals surface area contributed by atoms with Crippen molar-refractivity contribution in [1.82, 2.24) is 15.5 Å². The Balaban J connectivity index is 1.68. The van der Waals surface area contributed by atoms with Gasteiger partial charge in [-0.3, -0.25) is 9.89 Å². The van der Waals surface area contributed by atoms with Gasteiger partial charge < -0.3 is 10.6 Å². The fourth-order valence-electron chi connectivity index (χ4n) is 2.72. The van der Waals surface area contributed by atoms with Crippen LogP contribution in [0.25, 0.3) is 0 Å². The Hall–Kier alpha value is -1.07. The fraction of sp³-hybridized carbons (Fsp3) is 0.706. The molecule has 0 bridgehead atoms. The first-order chi connectivity index (χ1) is 10.6. The molecule has 1 atom stereocenters. The molecule has 2 N–H and O–H groups in total. The highest BCUT2D eigenvalue weighted by atomic mass is 32.1. The topological polar surface area (TPSA) is 39.7 Å². The quantitative estimate of drug-likeness (QED) is 0.571. The average Bonchev–Trinajstić information content (AvgIpc) is 3.18. The number of aliphatic imine (C=N–C) groups is 1. The first-order valence-electron chi connectivity index (χ1n) is 8.34. The largest absolute Gasteiger partial charge is 0.356 e. The van der Waals surface area contributed by atoms with Gasteiger partial charge in [-0.05, 0) is 55.0 Å². The molecule has 1 aliphatic carbocycles. The maximum Gasteiger partial charge on any atom is 0.191 e. The van der Waals surface area contributed by atoms with E-state index in [2.05, 4.69) is 58.1 Å². The Morgan fingerprint density at radius 3 is 2.68 bits per heavy atom. The molecule has 1 aromatic heterocycles. The highest BCUT2D eigenvalue weighted by Crippen LogP contribution is 2.27. The monoisotopic (exact) mass is 322 g/mol. The predicted molar refractivity (Wildman–Crippen MR) is 97.0 cm³/mol. The lowest BCUT2D eigenvalue weighted by Crippen LogP contribution is -2.44.